The van der Waals surface area contributed by atoms with Gasteiger partial charge in [0.25, 0.3) is 0 Å². The second-order valence-corrected chi connectivity index (χ2v) is 6.68. The lowest BCUT2D eigenvalue weighted by Crippen LogP contribution is -2.11. The number of hydrogen-bond donors (Lipinski definition) is 0. The molecule has 0 atom stereocenters. The van der Waals surface area contributed by atoms with Crippen LogP contribution in [0.4, 0.5) is 4.79 Å². The molecule has 2 aromatic carbocycles. The van der Waals surface area contributed by atoms with Gasteiger partial charge in [-0.3, -0.25) is 0 Å². The van der Waals surface area contributed by atoms with Gasteiger partial charge in [0.05, 0.1) is 9.80 Å². The first-order chi connectivity index (χ1) is 10.5. The molecule has 4 nitrogen and oxygen atoms in total. The van der Waals surface area contributed by atoms with Crippen molar-refractivity contribution in [3.8, 4) is 0 Å². The largest absolute Gasteiger partial charge is 0.448 e. The molecule has 2 aromatic rings. The van der Waals surface area contributed by atoms with E-state index in [0.29, 0.717) is 5.56 Å². The van der Waals surface area contributed by atoms with E-state index in [4.69, 9.17) is 11.6 Å². The molecule has 0 aliphatic rings. The van der Waals surface area contributed by atoms with Crippen molar-refractivity contribution in [3.63, 3.8) is 0 Å². The fraction of sp³-hybridized carbons (Fsp3) is 0.0625. The number of ether oxygens (including phenoxy) is 1. The lowest BCUT2D eigenvalue weighted by atomic mass is 10.2. The third kappa shape index (κ3) is 4.19. The molecule has 0 amide bonds. The molecule has 0 aliphatic carbocycles. The first kappa shape index (κ1) is 16.3. The lowest BCUT2D eigenvalue weighted by molar-refractivity contribution is 0.185. The summed E-state index contributed by atoms with van der Waals surface area (Å²) >= 11 is 5.14. The number of benzene rings is 2. The Labute approximate surface area is 133 Å². The standard InChI is InChI=1S/C16H13ClO4S/c17-16(18)21-12-15(11-13-7-3-1-4-8-13)22(19,20)14-9-5-2-6-10-14/h1-11H,12H2/b15-11-. The topological polar surface area (TPSA) is 60.4 Å². The second kappa shape index (κ2) is 7.24. The van der Waals surface area contributed by atoms with Crippen molar-refractivity contribution < 1.29 is 17.9 Å². The SMILES string of the molecule is O=C(Cl)OC/C(=C/c1ccccc1)S(=O)(=O)c1ccccc1. The highest BCUT2D eigenvalue weighted by Crippen LogP contribution is 2.22. The first-order valence-electron chi connectivity index (χ1n) is 6.38. The summed E-state index contributed by atoms with van der Waals surface area (Å²) in [5.74, 6) is 0. The Morgan fingerprint density at radius 1 is 1.00 bits per heavy atom. The van der Waals surface area contributed by atoms with Crippen molar-refractivity contribution in [1.82, 2.24) is 0 Å². The minimum Gasteiger partial charge on any atom is -0.448 e. The van der Waals surface area contributed by atoms with Crippen LogP contribution in [0, 0.1) is 0 Å². The van der Waals surface area contributed by atoms with Crippen molar-refractivity contribution in [3.05, 3.63) is 71.1 Å². The minimum absolute atomic E-state index is 0.0427. The third-order valence-corrected chi connectivity index (χ3v) is 4.78. The maximum absolute atomic E-state index is 12.6. The molecule has 0 aliphatic heterocycles. The molecule has 22 heavy (non-hydrogen) atoms. The highest BCUT2D eigenvalue weighted by Gasteiger charge is 2.21. The quantitative estimate of drug-likeness (QED) is 0.777. The van der Waals surface area contributed by atoms with Crippen molar-refractivity contribution in [2.45, 2.75) is 4.90 Å². The summed E-state index contributed by atoms with van der Waals surface area (Å²) in [6, 6.07) is 16.8. The van der Waals surface area contributed by atoms with E-state index in [1.165, 1.54) is 18.2 Å². The Kier molecular flexibility index (Phi) is 5.35. The molecule has 0 unspecified atom stereocenters. The number of halogens is 1. The van der Waals surface area contributed by atoms with Gasteiger partial charge in [0.15, 0.2) is 0 Å². The van der Waals surface area contributed by atoms with Gasteiger partial charge in [-0.25, -0.2) is 13.2 Å². The fourth-order valence-electron chi connectivity index (χ4n) is 1.81. The Bertz CT molecular complexity index is 768. The Hall–Kier alpha value is -2.11. The van der Waals surface area contributed by atoms with Crippen molar-refractivity contribution >= 4 is 32.9 Å². The van der Waals surface area contributed by atoms with Gasteiger partial charge in [-0.05, 0) is 23.8 Å². The number of carbonyl (C=O) groups is 1. The van der Waals surface area contributed by atoms with Crippen LogP contribution >= 0.6 is 11.6 Å². The molecule has 2 rings (SSSR count). The molecule has 114 valence electrons. The van der Waals surface area contributed by atoms with Gasteiger partial charge in [-0.15, -0.1) is 0 Å². The highest BCUT2D eigenvalue weighted by atomic mass is 35.5. The summed E-state index contributed by atoms with van der Waals surface area (Å²) in [5, 5.41) is 0. The van der Waals surface area contributed by atoms with Crippen LogP contribution in [0.15, 0.2) is 70.5 Å². The predicted octanol–water partition coefficient (Wildman–Crippen LogP) is 3.88. The summed E-state index contributed by atoms with van der Waals surface area (Å²) in [6.45, 7) is -0.422. The molecule has 0 saturated heterocycles. The van der Waals surface area contributed by atoms with E-state index >= 15 is 0 Å². The van der Waals surface area contributed by atoms with Crippen LogP contribution in [0.3, 0.4) is 0 Å². The Morgan fingerprint density at radius 2 is 1.55 bits per heavy atom. The van der Waals surface area contributed by atoms with Crippen LogP contribution < -0.4 is 0 Å². The van der Waals surface area contributed by atoms with Crippen LogP contribution in [-0.2, 0) is 14.6 Å². The van der Waals surface area contributed by atoms with E-state index in [9.17, 15) is 13.2 Å². The predicted molar refractivity (Wildman–Crippen MR) is 85.2 cm³/mol. The minimum atomic E-state index is -3.77. The zero-order valence-corrected chi connectivity index (χ0v) is 13.0. The average Bonchev–Trinajstić information content (AvgIpc) is 2.53. The van der Waals surface area contributed by atoms with Gasteiger partial charge in [0.2, 0.25) is 9.84 Å². The van der Waals surface area contributed by atoms with Crippen LogP contribution in [0.2, 0.25) is 0 Å². The average molecular weight is 337 g/mol. The second-order valence-electron chi connectivity index (χ2n) is 4.36. The van der Waals surface area contributed by atoms with E-state index in [1.807, 2.05) is 6.07 Å². The lowest BCUT2D eigenvalue weighted by Gasteiger charge is -2.09. The molecule has 0 saturated carbocycles. The molecule has 0 fully saturated rings. The van der Waals surface area contributed by atoms with Gasteiger partial charge in [0, 0.05) is 11.6 Å². The van der Waals surface area contributed by atoms with Gasteiger partial charge in [-0.2, -0.15) is 0 Å². The molecule has 0 aromatic heterocycles. The van der Waals surface area contributed by atoms with Gasteiger partial charge in [0.1, 0.15) is 6.61 Å². The van der Waals surface area contributed by atoms with E-state index in [1.54, 1.807) is 42.5 Å². The molecule has 0 N–H and O–H groups in total. The van der Waals surface area contributed by atoms with E-state index in [0.717, 1.165) is 0 Å². The highest BCUT2D eigenvalue weighted by molar-refractivity contribution is 7.95. The van der Waals surface area contributed by atoms with E-state index in [-0.39, 0.29) is 9.80 Å². The van der Waals surface area contributed by atoms with Crippen LogP contribution in [0.5, 0.6) is 0 Å². The van der Waals surface area contributed by atoms with E-state index in [2.05, 4.69) is 4.74 Å². The number of sulfone groups is 1. The van der Waals surface area contributed by atoms with Crippen LogP contribution in [0.25, 0.3) is 6.08 Å². The van der Waals surface area contributed by atoms with Crippen LogP contribution in [-0.4, -0.2) is 20.5 Å². The van der Waals surface area contributed by atoms with Crippen molar-refractivity contribution in [1.29, 1.82) is 0 Å². The summed E-state index contributed by atoms with van der Waals surface area (Å²) < 4.78 is 30.0. The van der Waals surface area contributed by atoms with Gasteiger partial charge < -0.3 is 4.74 Å². The monoisotopic (exact) mass is 336 g/mol. The van der Waals surface area contributed by atoms with Crippen LogP contribution in [0.1, 0.15) is 5.56 Å². The molecule has 0 bridgehead atoms. The smallest absolute Gasteiger partial charge is 0.404 e. The maximum atomic E-state index is 12.6. The maximum Gasteiger partial charge on any atom is 0.404 e. The molecule has 0 radical (unpaired) electrons. The normalized spacial score (nSPS) is 12.0. The molecule has 6 heteroatoms. The molecule has 0 heterocycles. The summed E-state index contributed by atoms with van der Waals surface area (Å²) in [5.41, 5.74) is -0.371. The number of carbonyl (C=O) groups excluding carboxylic acids is 1. The summed E-state index contributed by atoms with van der Waals surface area (Å²) in [4.78, 5) is 10.9. The van der Waals surface area contributed by atoms with Crippen molar-refractivity contribution in [2.75, 3.05) is 6.61 Å². The fourth-order valence-corrected chi connectivity index (χ4v) is 3.19. The van der Waals surface area contributed by atoms with Gasteiger partial charge in [-0.1, -0.05) is 48.5 Å². The van der Waals surface area contributed by atoms with Crippen molar-refractivity contribution in [2.24, 2.45) is 0 Å². The third-order valence-electron chi connectivity index (χ3n) is 2.85. The Morgan fingerprint density at radius 3 is 2.09 bits per heavy atom. The van der Waals surface area contributed by atoms with Gasteiger partial charge >= 0.3 is 5.43 Å². The molecular weight excluding hydrogens is 324 g/mol. The number of rotatable bonds is 5. The first-order valence-corrected chi connectivity index (χ1v) is 8.24. The van der Waals surface area contributed by atoms with E-state index < -0.39 is 21.9 Å². The number of hydrogen-bond acceptors (Lipinski definition) is 4. The summed E-state index contributed by atoms with van der Waals surface area (Å²) in [6.07, 6.45) is 1.46. The zero-order valence-electron chi connectivity index (χ0n) is 11.5. The molecular formula is C16H13ClO4S. The molecule has 0 spiro atoms. The summed E-state index contributed by atoms with van der Waals surface area (Å²) in [7, 11) is -3.77. The Balaban J connectivity index is 2.44. The zero-order chi connectivity index (χ0) is 16.0.